The number of aryl methyl sites for hydroxylation is 1. The quantitative estimate of drug-likeness (QED) is 0.763. The maximum Gasteiger partial charge on any atom is 0.122 e. The fourth-order valence-electron chi connectivity index (χ4n) is 3.56. The van der Waals surface area contributed by atoms with Crippen molar-refractivity contribution in [3.8, 4) is 5.75 Å². The van der Waals surface area contributed by atoms with Gasteiger partial charge in [-0.15, -0.1) is 0 Å². The van der Waals surface area contributed by atoms with Crippen LogP contribution in [0, 0.1) is 20.8 Å². The first-order valence-corrected chi connectivity index (χ1v) is 9.15. The van der Waals surface area contributed by atoms with E-state index >= 15 is 0 Å². The standard InChI is InChI=1S/C20H35N3O/c1-16-14-20(24-6)18(3)17(2)19(16)15-23-12-10-22(11-13-23)9-7-8-21(4)5/h14H,7-13,15H2,1-6H3. The van der Waals surface area contributed by atoms with Gasteiger partial charge in [-0.1, -0.05) is 0 Å². The van der Waals surface area contributed by atoms with Gasteiger partial charge in [-0.3, -0.25) is 4.90 Å². The summed E-state index contributed by atoms with van der Waals surface area (Å²) >= 11 is 0. The molecule has 0 bridgehead atoms. The van der Waals surface area contributed by atoms with Crippen molar-refractivity contribution in [1.29, 1.82) is 0 Å². The molecule has 1 fully saturated rings. The van der Waals surface area contributed by atoms with Gasteiger partial charge in [0.25, 0.3) is 0 Å². The molecule has 0 aromatic heterocycles. The zero-order valence-corrected chi connectivity index (χ0v) is 16.5. The highest BCUT2D eigenvalue weighted by molar-refractivity contribution is 5.48. The summed E-state index contributed by atoms with van der Waals surface area (Å²) in [6.45, 7) is 14.8. The van der Waals surface area contributed by atoms with E-state index in [1.165, 1.54) is 67.9 Å². The molecule has 0 spiro atoms. The van der Waals surface area contributed by atoms with Crippen LogP contribution in [0.2, 0.25) is 0 Å². The molecule has 136 valence electrons. The molecule has 0 atom stereocenters. The van der Waals surface area contributed by atoms with E-state index in [0.717, 1.165) is 12.3 Å². The molecule has 0 radical (unpaired) electrons. The lowest BCUT2D eigenvalue weighted by molar-refractivity contribution is 0.123. The van der Waals surface area contributed by atoms with Crippen LogP contribution in [0.3, 0.4) is 0 Å². The van der Waals surface area contributed by atoms with E-state index in [9.17, 15) is 0 Å². The second-order valence-electron chi connectivity index (χ2n) is 7.40. The van der Waals surface area contributed by atoms with Crippen LogP contribution in [0.5, 0.6) is 5.75 Å². The van der Waals surface area contributed by atoms with Crippen LogP contribution in [0.15, 0.2) is 6.07 Å². The van der Waals surface area contributed by atoms with Crippen molar-refractivity contribution in [3.05, 3.63) is 28.3 Å². The molecule has 24 heavy (non-hydrogen) atoms. The second kappa shape index (κ2) is 8.84. The minimum atomic E-state index is 1.01. The number of methoxy groups -OCH3 is 1. The second-order valence-corrected chi connectivity index (χ2v) is 7.40. The Kier molecular flexibility index (Phi) is 7.08. The molecule has 0 amide bonds. The van der Waals surface area contributed by atoms with Crippen LogP contribution in [-0.4, -0.2) is 75.2 Å². The molecule has 1 aromatic carbocycles. The first kappa shape index (κ1) is 19.2. The van der Waals surface area contributed by atoms with E-state index in [1.54, 1.807) is 7.11 Å². The predicted molar refractivity (Wildman–Crippen MR) is 102 cm³/mol. The van der Waals surface area contributed by atoms with Crippen LogP contribution in [-0.2, 0) is 6.54 Å². The number of rotatable bonds is 7. The first-order valence-electron chi connectivity index (χ1n) is 9.15. The highest BCUT2D eigenvalue weighted by atomic mass is 16.5. The number of ether oxygens (including phenoxy) is 1. The van der Waals surface area contributed by atoms with Crippen LogP contribution >= 0.6 is 0 Å². The lowest BCUT2D eigenvalue weighted by atomic mass is 9.96. The number of piperazine rings is 1. The highest BCUT2D eigenvalue weighted by Crippen LogP contribution is 2.28. The number of nitrogens with zero attached hydrogens (tertiary/aromatic N) is 3. The van der Waals surface area contributed by atoms with Gasteiger partial charge in [0.05, 0.1) is 7.11 Å². The van der Waals surface area contributed by atoms with E-state index in [1.807, 2.05) is 0 Å². The summed E-state index contributed by atoms with van der Waals surface area (Å²) in [6, 6.07) is 2.19. The summed E-state index contributed by atoms with van der Waals surface area (Å²) in [6.07, 6.45) is 1.27. The zero-order chi connectivity index (χ0) is 17.7. The largest absolute Gasteiger partial charge is 0.496 e. The van der Waals surface area contributed by atoms with Gasteiger partial charge in [-0.05, 0) is 82.7 Å². The van der Waals surface area contributed by atoms with Crippen molar-refractivity contribution in [3.63, 3.8) is 0 Å². The Labute approximate surface area is 148 Å². The third-order valence-corrected chi connectivity index (χ3v) is 5.35. The average Bonchev–Trinajstić information content (AvgIpc) is 2.56. The molecule has 1 heterocycles. The van der Waals surface area contributed by atoms with Gasteiger partial charge in [0.1, 0.15) is 5.75 Å². The van der Waals surface area contributed by atoms with Crippen molar-refractivity contribution in [2.45, 2.75) is 33.7 Å². The van der Waals surface area contributed by atoms with Crippen molar-refractivity contribution in [1.82, 2.24) is 14.7 Å². The van der Waals surface area contributed by atoms with Crippen LogP contribution in [0.25, 0.3) is 0 Å². The molecular formula is C20H35N3O. The SMILES string of the molecule is COc1cc(C)c(CN2CCN(CCCN(C)C)CC2)c(C)c1C. The van der Waals surface area contributed by atoms with Gasteiger partial charge in [-0.25, -0.2) is 0 Å². The minimum absolute atomic E-state index is 1.01. The Balaban J connectivity index is 1.89. The Morgan fingerprint density at radius 3 is 2.21 bits per heavy atom. The molecule has 1 saturated heterocycles. The Morgan fingerprint density at radius 1 is 1.00 bits per heavy atom. The van der Waals surface area contributed by atoms with Crippen molar-refractivity contribution in [2.24, 2.45) is 0 Å². The fourth-order valence-corrected chi connectivity index (χ4v) is 3.56. The summed E-state index contributed by atoms with van der Waals surface area (Å²) < 4.78 is 5.50. The summed E-state index contributed by atoms with van der Waals surface area (Å²) in [5, 5.41) is 0. The van der Waals surface area contributed by atoms with Gasteiger partial charge in [0, 0.05) is 32.7 Å². The van der Waals surface area contributed by atoms with E-state index in [-0.39, 0.29) is 0 Å². The van der Waals surface area contributed by atoms with E-state index in [0.29, 0.717) is 0 Å². The van der Waals surface area contributed by atoms with E-state index in [4.69, 9.17) is 4.74 Å². The molecule has 0 unspecified atom stereocenters. The summed E-state index contributed by atoms with van der Waals surface area (Å²) in [4.78, 5) is 7.48. The van der Waals surface area contributed by atoms with Crippen molar-refractivity contribution in [2.75, 3.05) is 60.5 Å². The van der Waals surface area contributed by atoms with Gasteiger partial charge >= 0.3 is 0 Å². The molecule has 0 aliphatic carbocycles. The van der Waals surface area contributed by atoms with Crippen LogP contribution < -0.4 is 4.74 Å². The fraction of sp³-hybridized carbons (Fsp3) is 0.700. The molecule has 1 aliphatic rings. The normalized spacial score (nSPS) is 16.8. The highest BCUT2D eigenvalue weighted by Gasteiger charge is 2.19. The van der Waals surface area contributed by atoms with Gasteiger partial charge < -0.3 is 14.5 Å². The number of benzene rings is 1. The lowest BCUT2D eigenvalue weighted by Gasteiger charge is -2.35. The molecule has 0 saturated carbocycles. The Bertz CT molecular complexity index is 534. The topological polar surface area (TPSA) is 19.0 Å². The van der Waals surface area contributed by atoms with Gasteiger partial charge in [0.15, 0.2) is 0 Å². The number of hydrogen-bond acceptors (Lipinski definition) is 4. The monoisotopic (exact) mass is 333 g/mol. The van der Waals surface area contributed by atoms with Crippen LogP contribution in [0.4, 0.5) is 0 Å². The Hall–Kier alpha value is -1.10. The first-order chi connectivity index (χ1) is 11.4. The van der Waals surface area contributed by atoms with Gasteiger partial charge in [0.2, 0.25) is 0 Å². The predicted octanol–water partition coefficient (Wildman–Crippen LogP) is 2.69. The molecule has 1 aliphatic heterocycles. The lowest BCUT2D eigenvalue weighted by Crippen LogP contribution is -2.46. The maximum atomic E-state index is 5.50. The molecule has 1 aromatic rings. The van der Waals surface area contributed by atoms with E-state index < -0.39 is 0 Å². The van der Waals surface area contributed by atoms with E-state index in [2.05, 4.69) is 55.6 Å². The van der Waals surface area contributed by atoms with Crippen molar-refractivity contribution >= 4 is 0 Å². The third kappa shape index (κ3) is 4.95. The minimum Gasteiger partial charge on any atom is -0.496 e. The van der Waals surface area contributed by atoms with Crippen LogP contribution in [0.1, 0.15) is 28.7 Å². The molecule has 4 nitrogen and oxygen atoms in total. The molecule has 2 rings (SSSR count). The summed E-state index contributed by atoms with van der Waals surface area (Å²) in [7, 11) is 6.06. The molecular weight excluding hydrogens is 298 g/mol. The maximum absolute atomic E-state index is 5.50. The summed E-state index contributed by atoms with van der Waals surface area (Å²) in [5.74, 6) is 1.01. The van der Waals surface area contributed by atoms with Crippen molar-refractivity contribution < 1.29 is 4.74 Å². The molecule has 0 N–H and O–H groups in total. The van der Waals surface area contributed by atoms with Gasteiger partial charge in [-0.2, -0.15) is 0 Å². The number of hydrogen-bond donors (Lipinski definition) is 0. The summed E-state index contributed by atoms with van der Waals surface area (Å²) in [5.41, 5.74) is 5.50. The molecule has 4 heteroatoms. The Morgan fingerprint density at radius 2 is 1.62 bits per heavy atom. The average molecular weight is 334 g/mol. The smallest absolute Gasteiger partial charge is 0.122 e. The zero-order valence-electron chi connectivity index (χ0n) is 16.5. The third-order valence-electron chi connectivity index (χ3n) is 5.35.